The quantitative estimate of drug-likeness (QED) is 0.189. The number of rotatable bonds is 6. The Kier molecular flexibility index (Phi) is 13.2. The van der Waals surface area contributed by atoms with E-state index in [1.165, 1.54) is 9.58 Å². The van der Waals surface area contributed by atoms with Gasteiger partial charge in [-0.2, -0.15) is 13.2 Å². The Bertz CT molecular complexity index is 2330. The zero-order chi connectivity index (χ0) is 45.4. The van der Waals surface area contributed by atoms with Crippen LogP contribution in [0.4, 0.5) is 23.7 Å². The van der Waals surface area contributed by atoms with Crippen molar-refractivity contribution < 1.29 is 41.8 Å². The van der Waals surface area contributed by atoms with Crippen LogP contribution in [-0.4, -0.2) is 115 Å². The van der Waals surface area contributed by atoms with Gasteiger partial charge in [0.05, 0.1) is 36.0 Å². The minimum Gasteiger partial charge on any atom is -0.464 e. The smallest absolute Gasteiger partial charge is 0.408 e. The number of anilines is 1. The third-order valence-corrected chi connectivity index (χ3v) is 12.0. The highest BCUT2D eigenvalue weighted by Gasteiger charge is 2.38. The van der Waals surface area contributed by atoms with E-state index in [4.69, 9.17) is 19.2 Å². The second kappa shape index (κ2) is 18.1. The highest BCUT2D eigenvalue weighted by molar-refractivity contribution is 5.96. The number of hydrogen-bond donors (Lipinski definition) is 2. The fourth-order valence-corrected chi connectivity index (χ4v) is 8.72. The molecule has 2 saturated heterocycles. The van der Waals surface area contributed by atoms with Crippen LogP contribution in [0.3, 0.4) is 0 Å². The number of cyclic esters (lactones) is 1. The summed E-state index contributed by atoms with van der Waals surface area (Å²) in [7, 11) is 3.62. The number of halogens is 3. The Hall–Kier alpha value is -5.19. The number of carbonyl (C=O) groups is 3. The van der Waals surface area contributed by atoms with Crippen molar-refractivity contribution in [2.75, 3.05) is 58.4 Å². The summed E-state index contributed by atoms with van der Waals surface area (Å²) in [5.41, 5.74) is 6.95. The number of hydrogen-bond acceptors (Lipinski definition) is 10. The van der Waals surface area contributed by atoms with E-state index in [0.717, 1.165) is 48.6 Å². The van der Waals surface area contributed by atoms with Crippen molar-refractivity contribution in [2.45, 2.75) is 104 Å². The molecule has 340 valence electrons. The third-order valence-electron chi connectivity index (χ3n) is 12.0. The van der Waals surface area contributed by atoms with E-state index in [1.54, 1.807) is 40.1 Å². The summed E-state index contributed by atoms with van der Waals surface area (Å²) < 4.78 is 63.5. The van der Waals surface area contributed by atoms with E-state index in [-0.39, 0.29) is 19.4 Å². The van der Waals surface area contributed by atoms with Crippen molar-refractivity contribution in [2.24, 2.45) is 5.41 Å². The number of ether oxygens (including phenoxy) is 3. The molecule has 0 unspecified atom stereocenters. The van der Waals surface area contributed by atoms with Gasteiger partial charge in [0.1, 0.15) is 24.2 Å². The molecule has 3 aliphatic heterocycles. The van der Waals surface area contributed by atoms with E-state index in [2.05, 4.69) is 27.6 Å². The number of alkyl carbamates (subject to hydrolysis) is 1. The lowest BCUT2D eigenvalue weighted by atomic mass is 9.84. The average molecular weight is 876 g/mol. The van der Waals surface area contributed by atoms with Gasteiger partial charge in [0.2, 0.25) is 0 Å². The maximum absolute atomic E-state index is 14.9. The maximum Gasteiger partial charge on any atom is 0.408 e. The number of hydrazine groups is 1. The van der Waals surface area contributed by atoms with Gasteiger partial charge in [-0.25, -0.2) is 10.2 Å². The average Bonchev–Trinajstić information content (AvgIpc) is 3.50. The number of alkyl halides is 3. The number of nitrogens with zero attached hydrogens (tertiary/aromatic N) is 5. The molecular formula is C47H60F3N7O6. The summed E-state index contributed by atoms with van der Waals surface area (Å²) in [6.07, 6.45) is -2.89. The van der Waals surface area contributed by atoms with Crippen LogP contribution >= 0.6 is 0 Å². The van der Waals surface area contributed by atoms with Crippen molar-refractivity contribution in [3.8, 4) is 22.4 Å². The molecule has 2 fully saturated rings. The molecule has 0 radical (unpaired) electrons. The van der Waals surface area contributed by atoms with Gasteiger partial charge in [-0.05, 0) is 94.5 Å². The van der Waals surface area contributed by atoms with Crippen LogP contribution in [0, 0.1) is 5.41 Å². The summed E-state index contributed by atoms with van der Waals surface area (Å²) in [6.45, 7) is 13.0. The number of nitrogens with one attached hydrogen (secondary N) is 2. The highest BCUT2D eigenvalue weighted by Crippen LogP contribution is 2.44. The first-order chi connectivity index (χ1) is 29.7. The molecule has 2 amide bonds. The van der Waals surface area contributed by atoms with Gasteiger partial charge >= 0.3 is 18.2 Å². The fourth-order valence-electron chi connectivity index (χ4n) is 8.72. The Labute approximate surface area is 367 Å². The second-order valence-corrected chi connectivity index (χ2v) is 18.9. The van der Waals surface area contributed by atoms with Crippen molar-refractivity contribution in [1.82, 2.24) is 30.2 Å². The molecule has 16 heteroatoms. The van der Waals surface area contributed by atoms with Gasteiger partial charge in [0.25, 0.3) is 5.91 Å². The summed E-state index contributed by atoms with van der Waals surface area (Å²) in [6, 6.07) is 13.0. The number of pyridine rings is 1. The van der Waals surface area contributed by atoms with E-state index < -0.39 is 59.9 Å². The first-order valence-corrected chi connectivity index (χ1v) is 21.7. The van der Waals surface area contributed by atoms with E-state index >= 15 is 0 Å². The summed E-state index contributed by atoms with van der Waals surface area (Å²) in [5.74, 6) is -1.00. The lowest BCUT2D eigenvalue weighted by molar-refractivity contribution is -0.155. The molecule has 3 atom stereocenters. The Morgan fingerprint density at radius 3 is 2.46 bits per heavy atom. The number of benzene rings is 2. The first kappa shape index (κ1) is 45.8. The molecule has 6 bridgehead atoms. The minimum absolute atomic E-state index is 0.0607. The molecule has 0 aliphatic carbocycles. The van der Waals surface area contributed by atoms with Crippen LogP contribution in [0.2, 0.25) is 0 Å². The molecule has 63 heavy (non-hydrogen) atoms. The Morgan fingerprint density at radius 1 is 1.03 bits per heavy atom. The molecular weight excluding hydrogens is 816 g/mol. The summed E-state index contributed by atoms with van der Waals surface area (Å²) >= 11 is 0. The lowest BCUT2D eigenvalue weighted by Crippen LogP contribution is -2.60. The maximum atomic E-state index is 14.9. The molecule has 2 aromatic heterocycles. The topological polar surface area (TPSA) is 130 Å². The number of likely N-dealkylation sites (N-methyl/N-ethyl adjacent to an activating group) is 1. The number of aromatic nitrogens is 2. The molecule has 4 aromatic rings. The van der Waals surface area contributed by atoms with Gasteiger partial charge in [-0.15, -0.1) is 0 Å². The number of piperazine rings is 1. The molecule has 2 aromatic carbocycles. The van der Waals surface area contributed by atoms with Gasteiger partial charge < -0.3 is 33.9 Å². The van der Waals surface area contributed by atoms with Crippen LogP contribution in [-0.2, 0) is 43.2 Å². The van der Waals surface area contributed by atoms with E-state index in [9.17, 15) is 27.6 Å². The van der Waals surface area contributed by atoms with Crippen LogP contribution in [0.25, 0.3) is 33.3 Å². The van der Waals surface area contributed by atoms with Gasteiger partial charge in [0, 0.05) is 68.1 Å². The number of amides is 2. The predicted molar refractivity (Wildman–Crippen MR) is 235 cm³/mol. The molecule has 0 spiro atoms. The zero-order valence-electron chi connectivity index (χ0n) is 37.5. The van der Waals surface area contributed by atoms with Crippen molar-refractivity contribution in [3.63, 3.8) is 0 Å². The van der Waals surface area contributed by atoms with Gasteiger partial charge in [0.15, 0.2) is 0 Å². The summed E-state index contributed by atoms with van der Waals surface area (Å²) in [5, 5.41) is 4.75. The molecule has 2 N–H and O–H groups in total. The summed E-state index contributed by atoms with van der Waals surface area (Å²) in [4.78, 5) is 50.5. The van der Waals surface area contributed by atoms with Crippen molar-refractivity contribution in [3.05, 3.63) is 71.5 Å². The number of carbonyl (C=O) groups excluding carboxylic acids is 3. The highest BCUT2D eigenvalue weighted by atomic mass is 19.4. The first-order valence-electron chi connectivity index (χ1n) is 21.7. The monoisotopic (exact) mass is 875 g/mol. The Balaban J connectivity index is 1.43. The predicted octanol–water partition coefficient (Wildman–Crippen LogP) is 7.45. The van der Waals surface area contributed by atoms with E-state index in [1.807, 2.05) is 63.2 Å². The lowest BCUT2D eigenvalue weighted by Gasteiger charge is -2.35. The fraction of sp³-hybridized carbons (Fsp3) is 0.532. The van der Waals surface area contributed by atoms with Crippen LogP contribution in [0.1, 0.15) is 77.3 Å². The molecule has 5 heterocycles. The Morgan fingerprint density at radius 2 is 1.76 bits per heavy atom. The number of methoxy groups -OCH3 is 1. The minimum atomic E-state index is -4.58. The number of esters is 1. The third kappa shape index (κ3) is 10.8. The molecule has 7 rings (SSSR count). The largest absolute Gasteiger partial charge is 0.464 e. The van der Waals surface area contributed by atoms with Gasteiger partial charge in [-0.1, -0.05) is 44.2 Å². The van der Waals surface area contributed by atoms with E-state index in [0.29, 0.717) is 52.8 Å². The molecule has 3 aliphatic rings. The standard InChI is InChI=1S/C47H60F3N7O6/c1-29(61-8)40-35(24-33(26-51-40)55-19-17-54(7)18-20-55)41-36-25-46(5,6)28-62-43(59)37-13-10-16-57(53-37)42(58)38(52-44(60)63-45(2,3)4)22-30-11-9-12-31(21-30)32-14-15-39(34(36)23-32)56(41)27-47(48,49)50/h9,11-12,14-15,21,23-24,26,29,37-38,53H,10,13,16-20,22,25,27-28H2,1-8H3,(H,52,60)/t29-,37-,38-/m0/s1. The van der Waals surface area contributed by atoms with Crippen molar-refractivity contribution in [1.29, 1.82) is 0 Å². The SMILES string of the molecule is CO[C@@H](C)c1ncc(N2CCN(C)CC2)cc1-c1c2c3cc(ccc3n1CC(F)(F)F)-c1cccc(c1)C[C@H](NC(=O)OC(C)(C)C)C(=O)N1CCC[C@H](N1)C(=O)OCC(C)(C)C2. The zero-order valence-corrected chi connectivity index (χ0v) is 37.5. The van der Waals surface area contributed by atoms with Crippen LogP contribution < -0.4 is 15.6 Å². The van der Waals surface area contributed by atoms with Gasteiger partial charge in [-0.3, -0.25) is 19.6 Å². The number of fused-ring (bicyclic) bond motifs is 6. The van der Waals surface area contributed by atoms with Crippen molar-refractivity contribution >= 4 is 34.6 Å². The second-order valence-electron chi connectivity index (χ2n) is 18.9. The molecule has 13 nitrogen and oxygen atoms in total. The van der Waals surface area contributed by atoms with Crippen LogP contribution in [0.15, 0.2) is 54.7 Å². The normalized spacial score (nSPS) is 20.9. The molecule has 0 saturated carbocycles. The van der Waals surface area contributed by atoms with Crippen LogP contribution in [0.5, 0.6) is 0 Å².